The number of para-hydroxylation sites is 1. The lowest BCUT2D eigenvalue weighted by molar-refractivity contribution is -0.139. The quantitative estimate of drug-likeness (QED) is 0.614. The van der Waals surface area contributed by atoms with Crippen LogP contribution in [0.2, 0.25) is 0 Å². The van der Waals surface area contributed by atoms with E-state index in [1.165, 1.54) is 0 Å². The lowest BCUT2D eigenvalue weighted by Crippen LogP contribution is -2.38. The molecule has 2 aliphatic rings. The van der Waals surface area contributed by atoms with Crippen LogP contribution < -0.4 is 4.74 Å². The third-order valence-electron chi connectivity index (χ3n) is 4.00. The first-order valence-electron chi connectivity index (χ1n) is 7.64. The highest BCUT2D eigenvalue weighted by atomic mass is 16.6. The Morgan fingerprint density at radius 1 is 1.27 bits per heavy atom. The van der Waals surface area contributed by atoms with E-state index in [2.05, 4.69) is 11.5 Å². The van der Waals surface area contributed by atoms with Crippen LogP contribution in [0.4, 0.5) is 0 Å². The van der Waals surface area contributed by atoms with Crippen LogP contribution in [-0.4, -0.2) is 50.3 Å². The Bertz CT molecular complexity index is 535. The minimum atomic E-state index is -0.312. The van der Waals surface area contributed by atoms with Crippen molar-refractivity contribution in [2.75, 3.05) is 39.5 Å². The van der Waals surface area contributed by atoms with Crippen LogP contribution in [0.25, 0.3) is 0 Å². The first kappa shape index (κ1) is 15.1. The van der Waals surface area contributed by atoms with Gasteiger partial charge in [-0.1, -0.05) is 24.8 Å². The second-order valence-corrected chi connectivity index (χ2v) is 5.54. The van der Waals surface area contributed by atoms with Crippen LogP contribution >= 0.6 is 0 Å². The van der Waals surface area contributed by atoms with Crippen molar-refractivity contribution in [1.82, 2.24) is 4.90 Å². The van der Waals surface area contributed by atoms with Gasteiger partial charge in [-0.25, -0.2) is 4.79 Å². The second kappa shape index (κ2) is 6.94. The van der Waals surface area contributed by atoms with Crippen LogP contribution in [0.15, 0.2) is 36.4 Å². The summed E-state index contributed by atoms with van der Waals surface area (Å²) in [7, 11) is 0. The zero-order chi connectivity index (χ0) is 15.4. The maximum atomic E-state index is 11.5. The molecule has 2 saturated heterocycles. The van der Waals surface area contributed by atoms with Crippen molar-refractivity contribution in [2.45, 2.75) is 12.5 Å². The molecule has 5 nitrogen and oxygen atoms in total. The van der Waals surface area contributed by atoms with Gasteiger partial charge in [-0.15, -0.1) is 0 Å². The van der Waals surface area contributed by atoms with Gasteiger partial charge in [-0.2, -0.15) is 0 Å². The van der Waals surface area contributed by atoms with E-state index in [9.17, 15) is 4.79 Å². The predicted octanol–water partition coefficient (Wildman–Crippen LogP) is 1.94. The molecule has 0 aliphatic carbocycles. The molecule has 0 aromatic heterocycles. The molecule has 0 amide bonds. The van der Waals surface area contributed by atoms with Gasteiger partial charge in [0.25, 0.3) is 0 Å². The third kappa shape index (κ3) is 3.48. The Hall–Kier alpha value is -1.85. The average molecular weight is 303 g/mol. The van der Waals surface area contributed by atoms with Crippen molar-refractivity contribution in [2.24, 2.45) is 0 Å². The SMILES string of the molecule is C=C1CC(c2ccccc2OCCN2CCOCC2)OC1=O. The topological polar surface area (TPSA) is 48.0 Å². The van der Waals surface area contributed by atoms with E-state index >= 15 is 0 Å². The molecule has 0 saturated carbocycles. The summed E-state index contributed by atoms with van der Waals surface area (Å²) in [5, 5.41) is 0. The van der Waals surface area contributed by atoms with Crippen molar-refractivity contribution >= 4 is 5.97 Å². The number of carbonyl (C=O) groups excluding carboxylic acids is 1. The van der Waals surface area contributed by atoms with Gasteiger partial charge in [-0.05, 0) is 6.07 Å². The number of nitrogens with zero attached hydrogens (tertiary/aromatic N) is 1. The lowest BCUT2D eigenvalue weighted by Gasteiger charge is -2.26. The molecule has 3 rings (SSSR count). The molecule has 0 N–H and O–H groups in total. The minimum absolute atomic E-state index is 0.278. The molecule has 118 valence electrons. The molecule has 1 unspecified atom stereocenters. The zero-order valence-electron chi connectivity index (χ0n) is 12.6. The number of morpholine rings is 1. The Balaban J connectivity index is 1.59. The van der Waals surface area contributed by atoms with Crippen molar-refractivity contribution in [3.63, 3.8) is 0 Å². The van der Waals surface area contributed by atoms with Gasteiger partial charge in [0.05, 0.1) is 13.2 Å². The lowest BCUT2D eigenvalue weighted by atomic mass is 10.0. The highest BCUT2D eigenvalue weighted by molar-refractivity contribution is 5.90. The molecule has 2 aliphatic heterocycles. The predicted molar refractivity (Wildman–Crippen MR) is 81.8 cm³/mol. The second-order valence-electron chi connectivity index (χ2n) is 5.54. The number of cyclic esters (lactones) is 1. The van der Waals surface area contributed by atoms with Crippen molar-refractivity contribution in [3.05, 3.63) is 42.0 Å². The number of hydrogen-bond donors (Lipinski definition) is 0. The van der Waals surface area contributed by atoms with E-state index in [1.54, 1.807) is 0 Å². The Morgan fingerprint density at radius 2 is 2.05 bits per heavy atom. The van der Waals surface area contributed by atoms with E-state index < -0.39 is 0 Å². The van der Waals surface area contributed by atoms with Crippen LogP contribution in [0.5, 0.6) is 5.75 Å². The number of rotatable bonds is 5. The smallest absolute Gasteiger partial charge is 0.334 e. The number of hydrogen-bond acceptors (Lipinski definition) is 5. The normalized spacial score (nSPS) is 22.6. The molecule has 1 aromatic rings. The summed E-state index contributed by atoms with van der Waals surface area (Å²) < 4.78 is 16.6. The molecule has 5 heteroatoms. The Labute approximate surface area is 130 Å². The molecule has 1 atom stereocenters. The van der Waals surface area contributed by atoms with Crippen molar-refractivity contribution < 1.29 is 19.0 Å². The van der Waals surface area contributed by atoms with Crippen LogP contribution in [0.1, 0.15) is 18.1 Å². The highest BCUT2D eigenvalue weighted by Gasteiger charge is 2.30. The largest absolute Gasteiger partial charge is 0.492 e. The highest BCUT2D eigenvalue weighted by Crippen LogP contribution is 2.36. The van der Waals surface area contributed by atoms with Crippen LogP contribution in [0.3, 0.4) is 0 Å². The molecule has 0 bridgehead atoms. The molecule has 2 fully saturated rings. The van der Waals surface area contributed by atoms with Crippen molar-refractivity contribution in [1.29, 1.82) is 0 Å². The number of esters is 1. The maximum absolute atomic E-state index is 11.5. The Kier molecular flexibility index (Phi) is 4.75. The average Bonchev–Trinajstić information content (AvgIpc) is 2.88. The molecule has 0 radical (unpaired) electrons. The van der Waals surface area contributed by atoms with E-state index in [1.807, 2.05) is 24.3 Å². The molecule has 1 aromatic carbocycles. The van der Waals surface area contributed by atoms with E-state index in [-0.39, 0.29) is 12.1 Å². The molecular weight excluding hydrogens is 282 g/mol. The first-order valence-corrected chi connectivity index (χ1v) is 7.64. The van der Waals surface area contributed by atoms with Gasteiger partial charge in [0.15, 0.2) is 0 Å². The van der Waals surface area contributed by atoms with Gasteiger partial charge in [-0.3, -0.25) is 4.90 Å². The number of benzene rings is 1. The van der Waals surface area contributed by atoms with Gasteiger partial charge >= 0.3 is 5.97 Å². The molecule has 0 spiro atoms. The summed E-state index contributed by atoms with van der Waals surface area (Å²) in [5.41, 5.74) is 1.43. The fourth-order valence-electron chi connectivity index (χ4n) is 2.72. The minimum Gasteiger partial charge on any atom is -0.492 e. The zero-order valence-corrected chi connectivity index (χ0v) is 12.6. The van der Waals surface area contributed by atoms with E-state index in [0.717, 1.165) is 44.2 Å². The third-order valence-corrected chi connectivity index (χ3v) is 4.00. The fourth-order valence-corrected chi connectivity index (χ4v) is 2.72. The van der Waals surface area contributed by atoms with Crippen LogP contribution in [-0.2, 0) is 14.3 Å². The fraction of sp³-hybridized carbons (Fsp3) is 0.471. The summed E-state index contributed by atoms with van der Waals surface area (Å²) in [6, 6.07) is 7.72. The molecule has 22 heavy (non-hydrogen) atoms. The summed E-state index contributed by atoms with van der Waals surface area (Å²) >= 11 is 0. The van der Waals surface area contributed by atoms with Gasteiger partial charge in [0, 0.05) is 37.2 Å². The monoisotopic (exact) mass is 303 g/mol. The number of carbonyl (C=O) groups is 1. The summed E-state index contributed by atoms with van der Waals surface area (Å²) in [6.07, 6.45) is 0.252. The van der Waals surface area contributed by atoms with Crippen LogP contribution in [0, 0.1) is 0 Å². The summed E-state index contributed by atoms with van der Waals surface area (Å²) in [6.45, 7) is 8.69. The van der Waals surface area contributed by atoms with Crippen molar-refractivity contribution in [3.8, 4) is 5.75 Å². The van der Waals surface area contributed by atoms with Gasteiger partial charge < -0.3 is 14.2 Å². The summed E-state index contributed by atoms with van der Waals surface area (Å²) in [5.74, 6) is 0.469. The van der Waals surface area contributed by atoms with E-state index in [0.29, 0.717) is 18.6 Å². The molecular formula is C17H21NO4. The standard InChI is InChI=1S/C17H21NO4/c1-13-12-16(22-17(13)19)14-4-2-3-5-15(14)21-11-8-18-6-9-20-10-7-18/h2-5,16H,1,6-12H2. The number of ether oxygens (including phenoxy) is 3. The summed E-state index contributed by atoms with van der Waals surface area (Å²) in [4.78, 5) is 13.8. The molecule has 2 heterocycles. The first-order chi connectivity index (χ1) is 10.7. The van der Waals surface area contributed by atoms with Gasteiger partial charge in [0.2, 0.25) is 0 Å². The van der Waals surface area contributed by atoms with Gasteiger partial charge in [0.1, 0.15) is 18.5 Å². The Morgan fingerprint density at radius 3 is 2.77 bits per heavy atom. The van der Waals surface area contributed by atoms with E-state index in [4.69, 9.17) is 14.2 Å². The maximum Gasteiger partial charge on any atom is 0.334 e.